The summed E-state index contributed by atoms with van der Waals surface area (Å²) in [5, 5.41) is 6.78. The highest BCUT2D eigenvalue weighted by atomic mass is 32.2. The number of nitrogens with zero attached hydrogens (tertiary/aromatic N) is 2. The summed E-state index contributed by atoms with van der Waals surface area (Å²) in [5.74, 6) is 0.655. The predicted molar refractivity (Wildman–Crippen MR) is 134 cm³/mol. The van der Waals surface area contributed by atoms with E-state index >= 15 is 0 Å². The Labute approximate surface area is 198 Å². The fourth-order valence-corrected chi connectivity index (χ4v) is 4.93. The standard InChI is InChI=1S/C26H28N4O2S/c1-4-19-5-7-20(8-6-19)16-27-24(31)21-9-11-22(12-10-21)29-26(32)30-13-14-33-25-23(30)17(2)15-18(3)28-25/h5-12,15H,4,13-14,16H2,1-3H3,(H,27,31)(H,29,32). The Bertz CT molecular complexity index is 1160. The summed E-state index contributed by atoms with van der Waals surface area (Å²) in [6.45, 7) is 7.18. The average Bonchev–Trinajstić information content (AvgIpc) is 2.82. The molecule has 3 aromatic rings. The Morgan fingerprint density at radius 1 is 1.03 bits per heavy atom. The largest absolute Gasteiger partial charge is 0.348 e. The van der Waals surface area contributed by atoms with Crippen molar-refractivity contribution in [3.63, 3.8) is 0 Å². The molecule has 0 spiro atoms. The molecule has 2 heterocycles. The van der Waals surface area contributed by atoms with Gasteiger partial charge < -0.3 is 10.6 Å². The second-order valence-corrected chi connectivity index (χ2v) is 9.18. The van der Waals surface area contributed by atoms with Crippen LogP contribution in [-0.2, 0) is 13.0 Å². The van der Waals surface area contributed by atoms with Crippen LogP contribution in [-0.4, -0.2) is 29.2 Å². The minimum Gasteiger partial charge on any atom is -0.348 e. The first-order valence-corrected chi connectivity index (χ1v) is 12.1. The monoisotopic (exact) mass is 460 g/mol. The minimum atomic E-state index is -0.196. The fraction of sp³-hybridized carbons (Fsp3) is 0.269. The van der Waals surface area contributed by atoms with E-state index in [4.69, 9.17) is 0 Å². The highest BCUT2D eigenvalue weighted by molar-refractivity contribution is 7.99. The summed E-state index contributed by atoms with van der Waals surface area (Å²) in [5.41, 5.74) is 6.39. The van der Waals surface area contributed by atoms with E-state index in [0.717, 1.165) is 39.7 Å². The molecule has 0 aliphatic carbocycles. The number of fused-ring (bicyclic) bond motifs is 1. The van der Waals surface area contributed by atoms with E-state index < -0.39 is 0 Å². The molecule has 0 bridgehead atoms. The molecule has 0 unspecified atom stereocenters. The summed E-state index contributed by atoms with van der Waals surface area (Å²) >= 11 is 1.68. The quantitative estimate of drug-likeness (QED) is 0.539. The molecule has 0 radical (unpaired) electrons. The van der Waals surface area contributed by atoms with Gasteiger partial charge in [-0.1, -0.05) is 31.2 Å². The molecular weight excluding hydrogens is 432 g/mol. The van der Waals surface area contributed by atoms with Crippen molar-refractivity contribution in [1.82, 2.24) is 10.3 Å². The zero-order valence-corrected chi connectivity index (χ0v) is 20.0. The Morgan fingerprint density at radius 3 is 2.42 bits per heavy atom. The number of hydrogen-bond acceptors (Lipinski definition) is 4. The summed E-state index contributed by atoms with van der Waals surface area (Å²) in [6.07, 6.45) is 0.995. The normalized spacial score (nSPS) is 12.8. The van der Waals surface area contributed by atoms with Gasteiger partial charge in [-0.15, -0.1) is 11.8 Å². The van der Waals surface area contributed by atoms with Crippen LogP contribution < -0.4 is 15.5 Å². The third kappa shape index (κ3) is 5.37. The van der Waals surface area contributed by atoms with Crippen LogP contribution in [0.2, 0.25) is 0 Å². The molecule has 2 N–H and O–H groups in total. The van der Waals surface area contributed by atoms with E-state index in [9.17, 15) is 9.59 Å². The third-order valence-corrected chi connectivity index (χ3v) is 6.58. The molecular formula is C26H28N4O2S. The van der Waals surface area contributed by atoms with Crippen molar-refractivity contribution >= 4 is 35.1 Å². The van der Waals surface area contributed by atoms with Crippen LogP contribution in [0.25, 0.3) is 0 Å². The Kier molecular flexibility index (Phi) is 6.99. The molecule has 0 saturated carbocycles. The van der Waals surface area contributed by atoms with Crippen molar-refractivity contribution in [2.75, 3.05) is 22.5 Å². The number of urea groups is 1. The number of nitrogens with one attached hydrogen (secondary N) is 2. The number of carbonyl (C=O) groups is 2. The smallest absolute Gasteiger partial charge is 0.326 e. The Morgan fingerprint density at radius 2 is 1.73 bits per heavy atom. The number of carbonyl (C=O) groups excluding carboxylic acids is 2. The highest BCUT2D eigenvalue weighted by Crippen LogP contribution is 2.36. The lowest BCUT2D eigenvalue weighted by Crippen LogP contribution is -2.39. The van der Waals surface area contributed by atoms with Crippen molar-refractivity contribution in [3.8, 4) is 0 Å². The van der Waals surface area contributed by atoms with Crippen molar-refractivity contribution < 1.29 is 9.59 Å². The van der Waals surface area contributed by atoms with Crippen molar-refractivity contribution in [2.24, 2.45) is 0 Å². The molecule has 0 atom stereocenters. The van der Waals surface area contributed by atoms with Gasteiger partial charge in [0.05, 0.1) is 5.69 Å². The van der Waals surface area contributed by atoms with Gasteiger partial charge in [-0.2, -0.15) is 0 Å². The van der Waals surface area contributed by atoms with Crippen LogP contribution in [0.3, 0.4) is 0 Å². The Balaban J connectivity index is 1.38. The molecule has 0 saturated heterocycles. The minimum absolute atomic E-state index is 0.147. The van der Waals surface area contributed by atoms with Gasteiger partial charge in [0.2, 0.25) is 0 Å². The van der Waals surface area contributed by atoms with Gasteiger partial charge in [-0.05, 0) is 67.3 Å². The third-order valence-electron chi connectivity index (χ3n) is 5.63. The fourth-order valence-electron chi connectivity index (χ4n) is 3.85. The lowest BCUT2D eigenvalue weighted by atomic mass is 10.1. The average molecular weight is 461 g/mol. The van der Waals surface area contributed by atoms with E-state index in [-0.39, 0.29) is 11.9 Å². The zero-order chi connectivity index (χ0) is 23.4. The molecule has 4 rings (SSSR count). The number of amides is 3. The second kappa shape index (κ2) is 10.1. The van der Waals surface area contributed by atoms with E-state index in [2.05, 4.69) is 34.7 Å². The van der Waals surface area contributed by atoms with Crippen LogP contribution >= 0.6 is 11.8 Å². The lowest BCUT2D eigenvalue weighted by Gasteiger charge is -2.30. The number of anilines is 2. The maximum Gasteiger partial charge on any atom is 0.326 e. The Hall–Kier alpha value is -3.32. The summed E-state index contributed by atoms with van der Waals surface area (Å²) in [6, 6.07) is 17.0. The molecule has 7 heteroatoms. The summed E-state index contributed by atoms with van der Waals surface area (Å²) in [7, 11) is 0. The van der Waals surface area contributed by atoms with Crippen LogP contribution in [0.1, 0.15) is 39.7 Å². The van der Waals surface area contributed by atoms with E-state index in [1.54, 1.807) is 40.9 Å². The van der Waals surface area contributed by atoms with Crippen molar-refractivity contribution in [1.29, 1.82) is 0 Å². The van der Waals surface area contributed by atoms with Crippen molar-refractivity contribution in [3.05, 3.63) is 82.5 Å². The summed E-state index contributed by atoms with van der Waals surface area (Å²) < 4.78 is 0. The lowest BCUT2D eigenvalue weighted by molar-refractivity contribution is 0.0951. The number of aryl methyl sites for hydroxylation is 3. The maximum atomic E-state index is 13.0. The second-order valence-electron chi connectivity index (χ2n) is 8.09. The number of thioether (sulfide) groups is 1. The molecule has 33 heavy (non-hydrogen) atoms. The number of pyridine rings is 1. The first-order chi connectivity index (χ1) is 15.9. The number of rotatable bonds is 5. The molecule has 1 aliphatic rings. The van der Waals surface area contributed by atoms with Gasteiger partial charge in [0.25, 0.3) is 5.91 Å². The van der Waals surface area contributed by atoms with Crippen LogP contribution in [0.5, 0.6) is 0 Å². The molecule has 3 amide bonds. The van der Waals surface area contributed by atoms with E-state index in [0.29, 0.717) is 24.3 Å². The van der Waals surface area contributed by atoms with Gasteiger partial charge in [0.1, 0.15) is 5.03 Å². The maximum absolute atomic E-state index is 13.0. The van der Waals surface area contributed by atoms with Gasteiger partial charge in [-0.3, -0.25) is 9.69 Å². The zero-order valence-electron chi connectivity index (χ0n) is 19.1. The predicted octanol–water partition coefficient (Wildman–Crippen LogP) is 5.34. The molecule has 2 aromatic carbocycles. The first-order valence-electron chi connectivity index (χ1n) is 11.1. The SMILES string of the molecule is CCc1ccc(CNC(=O)c2ccc(NC(=O)N3CCSc4nc(C)cc(C)c43)cc2)cc1. The van der Waals surface area contributed by atoms with Crippen LogP contribution in [0.15, 0.2) is 59.6 Å². The van der Waals surface area contributed by atoms with Gasteiger partial charge in [0, 0.05) is 35.8 Å². The number of hydrogen-bond donors (Lipinski definition) is 2. The van der Waals surface area contributed by atoms with Gasteiger partial charge in [0.15, 0.2) is 0 Å². The first kappa shape index (κ1) is 22.9. The molecule has 6 nitrogen and oxygen atoms in total. The number of benzene rings is 2. The van der Waals surface area contributed by atoms with Crippen LogP contribution in [0, 0.1) is 13.8 Å². The van der Waals surface area contributed by atoms with Crippen LogP contribution in [0.4, 0.5) is 16.2 Å². The van der Waals surface area contributed by atoms with E-state index in [1.807, 2.05) is 32.0 Å². The van der Waals surface area contributed by atoms with Gasteiger partial charge in [-0.25, -0.2) is 9.78 Å². The van der Waals surface area contributed by atoms with Crippen molar-refractivity contribution in [2.45, 2.75) is 38.8 Å². The van der Waals surface area contributed by atoms with E-state index in [1.165, 1.54) is 5.56 Å². The van der Waals surface area contributed by atoms with Gasteiger partial charge >= 0.3 is 6.03 Å². The topological polar surface area (TPSA) is 74.3 Å². The number of aromatic nitrogens is 1. The highest BCUT2D eigenvalue weighted by Gasteiger charge is 2.26. The molecule has 1 aliphatic heterocycles. The summed E-state index contributed by atoms with van der Waals surface area (Å²) in [4.78, 5) is 31.8. The molecule has 0 fully saturated rings. The molecule has 170 valence electrons. The molecule has 1 aromatic heterocycles.